The van der Waals surface area contributed by atoms with Gasteiger partial charge in [-0.2, -0.15) is 0 Å². The zero-order valence-electron chi connectivity index (χ0n) is 8.49. The first-order valence-electron chi connectivity index (χ1n) is 4.75. The van der Waals surface area contributed by atoms with Crippen LogP contribution >= 0.6 is 0 Å². The van der Waals surface area contributed by atoms with Gasteiger partial charge in [0.2, 0.25) is 0 Å². The van der Waals surface area contributed by atoms with Crippen LogP contribution in [0, 0.1) is 0 Å². The van der Waals surface area contributed by atoms with Crippen molar-refractivity contribution in [3.8, 4) is 0 Å². The summed E-state index contributed by atoms with van der Waals surface area (Å²) in [7, 11) is 0. The predicted molar refractivity (Wildman–Crippen MR) is 55.7 cm³/mol. The molecule has 0 aliphatic carbocycles. The van der Waals surface area contributed by atoms with Gasteiger partial charge in [0, 0.05) is 11.5 Å². The summed E-state index contributed by atoms with van der Waals surface area (Å²) in [6.07, 6.45) is 2.59. The number of aldehydes is 2. The van der Waals surface area contributed by atoms with Gasteiger partial charge in [-0.3, -0.25) is 4.79 Å². The summed E-state index contributed by atoms with van der Waals surface area (Å²) in [6.45, 7) is 3.86. The van der Waals surface area contributed by atoms with Crippen LogP contribution in [0.5, 0.6) is 0 Å². The topological polar surface area (TPSA) is 34.1 Å². The zero-order chi connectivity index (χ0) is 10.6. The molecule has 0 bridgehead atoms. The molecule has 0 heterocycles. The molecule has 1 atom stereocenters. The molecule has 2 nitrogen and oxygen atoms in total. The first-order valence-corrected chi connectivity index (χ1v) is 4.75. The van der Waals surface area contributed by atoms with Crippen molar-refractivity contribution in [2.75, 3.05) is 0 Å². The third-order valence-electron chi connectivity index (χ3n) is 2.31. The van der Waals surface area contributed by atoms with Crippen molar-refractivity contribution in [1.29, 1.82) is 0 Å². The number of hydrogen-bond donors (Lipinski definition) is 0. The highest BCUT2D eigenvalue weighted by molar-refractivity contribution is 5.76. The van der Waals surface area contributed by atoms with Crippen molar-refractivity contribution in [3.05, 3.63) is 34.9 Å². The van der Waals surface area contributed by atoms with Gasteiger partial charge in [-0.05, 0) is 29.7 Å². The summed E-state index contributed by atoms with van der Waals surface area (Å²) in [6, 6.07) is 5.60. The van der Waals surface area contributed by atoms with Crippen LogP contribution < -0.4 is 0 Å². The number of carbonyl (C=O) groups is 2. The smallest absolute Gasteiger partial charge is 0.150 e. The zero-order valence-corrected chi connectivity index (χ0v) is 8.49. The SMILES string of the molecule is CCc1cc(C=O)cc(C(C)C=O)c1. The van der Waals surface area contributed by atoms with E-state index < -0.39 is 0 Å². The Labute approximate surface area is 83.9 Å². The third-order valence-corrected chi connectivity index (χ3v) is 2.31. The van der Waals surface area contributed by atoms with Gasteiger partial charge in [0.1, 0.15) is 12.6 Å². The quantitative estimate of drug-likeness (QED) is 0.683. The average Bonchev–Trinajstić information content (AvgIpc) is 2.27. The minimum absolute atomic E-state index is 0.139. The Hall–Kier alpha value is -1.44. The molecule has 0 saturated heterocycles. The van der Waals surface area contributed by atoms with E-state index >= 15 is 0 Å². The van der Waals surface area contributed by atoms with Gasteiger partial charge in [0.25, 0.3) is 0 Å². The summed E-state index contributed by atoms with van der Waals surface area (Å²) < 4.78 is 0. The van der Waals surface area contributed by atoms with Crippen LogP contribution in [0.4, 0.5) is 0 Å². The molecule has 2 heteroatoms. The Bertz CT molecular complexity index is 342. The van der Waals surface area contributed by atoms with Gasteiger partial charge in [0.05, 0.1) is 0 Å². The summed E-state index contributed by atoms with van der Waals surface area (Å²) in [4.78, 5) is 21.3. The van der Waals surface area contributed by atoms with Crippen LogP contribution in [0.3, 0.4) is 0 Å². The largest absolute Gasteiger partial charge is 0.303 e. The lowest BCUT2D eigenvalue weighted by molar-refractivity contribution is -0.108. The highest BCUT2D eigenvalue weighted by atomic mass is 16.1. The van der Waals surface area contributed by atoms with Crippen LogP contribution in [-0.4, -0.2) is 12.6 Å². The molecule has 74 valence electrons. The summed E-state index contributed by atoms with van der Waals surface area (Å²) in [5.41, 5.74) is 2.66. The molecule has 1 unspecified atom stereocenters. The number of rotatable bonds is 4. The molecule has 0 amide bonds. The summed E-state index contributed by atoms with van der Waals surface area (Å²) in [5.74, 6) is -0.139. The fraction of sp³-hybridized carbons (Fsp3) is 0.333. The Kier molecular flexibility index (Phi) is 3.57. The van der Waals surface area contributed by atoms with E-state index in [1.54, 1.807) is 6.07 Å². The monoisotopic (exact) mass is 190 g/mol. The third kappa shape index (κ3) is 2.28. The molecule has 0 saturated carbocycles. The highest BCUT2D eigenvalue weighted by Gasteiger charge is 2.06. The second-order valence-corrected chi connectivity index (χ2v) is 3.40. The van der Waals surface area contributed by atoms with E-state index in [9.17, 15) is 9.59 Å². The molecular weight excluding hydrogens is 176 g/mol. The van der Waals surface area contributed by atoms with Crippen LogP contribution in [0.2, 0.25) is 0 Å². The van der Waals surface area contributed by atoms with E-state index in [-0.39, 0.29) is 5.92 Å². The Morgan fingerprint density at radius 2 is 2.00 bits per heavy atom. The van der Waals surface area contributed by atoms with E-state index in [0.29, 0.717) is 5.56 Å². The maximum absolute atomic E-state index is 10.6. The molecular formula is C12H14O2. The van der Waals surface area contributed by atoms with Crippen molar-refractivity contribution in [2.45, 2.75) is 26.2 Å². The number of aryl methyl sites for hydroxylation is 1. The molecule has 0 fully saturated rings. The van der Waals surface area contributed by atoms with Gasteiger partial charge < -0.3 is 4.79 Å². The first-order chi connectivity index (χ1) is 6.71. The highest BCUT2D eigenvalue weighted by Crippen LogP contribution is 2.17. The van der Waals surface area contributed by atoms with E-state index in [4.69, 9.17) is 0 Å². The lowest BCUT2D eigenvalue weighted by atomic mass is 9.97. The Balaban J connectivity index is 3.16. The van der Waals surface area contributed by atoms with Crippen molar-refractivity contribution >= 4 is 12.6 Å². The standard InChI is InChI=1S/C12H14O2/c1-3-10-4-11(8-14)6-12(5-10)9(2)7-13/h4-9H,3H2,1-2H3. The maximum Gasteiger partial charge on any atom is 0.150 e. The molecule has 1 aromatic rings. The minimum Gasteiger partial charge on any atom is -0.303 e. The molecule has 0 aromatic heterocycles. The molecule has 14 heavy (non-hydrogen) atoms. The van der Waals surface area contributed by atoms with E-state index in [0.717, 1.165) is 30.1 Å². The molecule has 1 rings (SSSR count). The van der Waals surface area contributed by atoms with Gasteiger partial charge >= 0.3 is 0 Å². The molecule has 0 spiro atoms. The Morgan fingerprint density at radius 1 is 1.29 bits per heavy atom. The summed E-state index contributed by atoms with van der Waals surface area (Å²) in [5, 5.41) is 0. The molecule has 1 aromatic carbocycles. The van der Waals surface area contributed by atoms with E-state index in [1.807, 2.05) is 26.0 Å². The van der Waals surface area contributed by atoms with Gasteiger partial charge in [0.15, 0.2) is 0 Å². The molecule has 0 aliphatic rings. The second-order valence-electron chi connectivity index (χ2n) is 3.40. The second kappa shape index (κ2) is 4.70. The van der Waals surface area contributed by atoms with Crippen molar-refractivity contribution in [3.63, 3.8) is 0 Å². The number of carbonyl (C=O) groups excluding carboxylic acids is 2. The fourth-order valence-electron chi connectivity index (χ4n) is 1.36. The van der Waals surface area contributed by atoms with Crippen LogP contribution in [0.1, 0.15) is 41.3 Å². The first kappa shape index (κ1) is 10.6. The van der Waals surface area contributed by atoms with Crippen molar-refractivity contribution < 1.29 is 9.59 Å². The Morgan fingerprint density at radius 3 is 2.50 bits per heavy atom. The van der Waals surface area contributed by atoms with Crippen molar-refractivity contribution in [1.82, 2.24) is 0 Å². The molecule has 0 aliphatic heterocycles. The number of hydrogen-bond acceptors (Lipinski definition) is 2. The normalized spacial score (nSPS) is 12.1. The lowest BCUT2D eigenvalue weighted by Crippen LogP contribution is -1.97. The average molecular weight is 190 g/mol. The maximum atomic E-state index is 10.6. The minimum atomic E-state index is -0.139. The van der Waals surface area contributed by atoms with Crippen LogP contribution in [0.25, 0.3) is 0 Å². The van der Waals surface area contributed by atoms with Crippen LogP contribution in [-0.2, 0) is 11.2 Å². The number of benzene rings is 1. The van der Waals surface area contributed by atoms with Crippen molar-refractivity contribution in [2.24, 2.45) is 0 Å². The predicted octanol–water partition coefficient (Wildman–Crippen LogP) is 2.36. The lowest BCUT2D eigenvalue weighted by Gasteiger charge is -2.07. The molecule has 0 radical (unpaired) electrons. The summed E-state index contributed by atoms with van der Waals surface area (Å²) >= 11 is 0. The molecule has 0 N–H and O–H groups in total. The fourth-order valence-corrected chi connectivity index (χ4v) is 1.36. The van der Waals surface area contributed by atoms with Gasteiger partial charge in [-0.15, -0.1) is 0 Å². The van der Waals surface area contributed by atoms with Gasteiger partial charge in [-0.25, -0.2) is 0 Å². The van der Waals surface area contributed by atoms with Gasteiger partial charge in [-0.1, -0.05) is 19.9 Å². The van der Waals surface area contributed by atoms with Crippen LogP contribution in [0.15, 0.2) is 18.2 Å². The van der Waals surface area contributed by atoms with E-state index in [1.165, 1.54) is 0 Å². The van der Waals surface area contributed by atoms with E-state index in [2.05, 4.69) is 0 Å².